The number of hydrogen-bond donors (Lipinski definition) is 2. The lowest BCUT2D eigenvalue weighted by Gasteiger charge is -2.12. The van der Waals surface area contributed by atoms with Crippen molar-refractivity contribution in [3.05, 3.63) is 40.4 Å². The zero-order valence-corrected chi connectivity index (χ0v) is 11.5. The largest absolute Gasteiger partial charge is 0.497 e. The summed E-state index contributed by atoms with van der Waals surface area (Å²) in [6.07, 6.45) is 0. The van der Waals surface area contributed by atoms with Gasteiger partial charge in [0.15, 0.2) is 0 Å². The predicted octanol–water partition coefficient (Wildman–Crippen LogP) is 2.33. The molecule has 8 nitrogen and oxygen atoms in total. The summed E-state index contributed by atoms with van der Waals surface area (Å²) in [7, 11) is 3.08. The minimum Gasteiger partial charge on any atom is -0.497 e. The lowest BCUT2D eigenvalue weighted by molar-refractivity contribution is -0.384. The van der Waals surface area contributed by atoms with E-state index in [0.29, 0.717) is 23.0 Å². The monoisotopic (exact) mass is 290 g/mol. The van der Waals surface area contributed by atoms with E-state index in [1.165, 1.54) is 19.2 Å². The third kappa shape index (κ3) is 3.11. The number of nitrogen functional groups attached to an aromatic ring is 1. The van der Waals surface area contributed by atoms with Crippen LogP contribution in [0, 0.1) is 10.1 Å². The van der Waals surface area contributed by atoms with Gasteiger partial charge in [0.1, 0.15) is 17.3 Å². The minimum atomic E-state index is -0.585. The van der Waals surface area contributed by atoms with Crippen LogP contribution >= 0.6 is 0 Å². The first-order valence-electron chi connectivity index (χ1n) is 5.95. The molecule has 0 aliphatic carbocycles. The van der Waals surface area contributed by atoms with Crippen LogP contribution in [0.3, 0.4) is 0 Å². The highest BCUT2D eigenvalue weighted by molar-refractivity contribution is 5.68. The number of hydrogen-bond acceptors (Lipinski definition) is 7. The van der Waals surface area contributed by atoms with Crippen molar-refractivity contribution in [2.24, 2.45) is 0 Å². The van der Waals surface area contributed by atoms with E-state index in [4.69, 9.17) is 15.2 Å². The average molecular weight is 290 g/mol. The molecule has 0 unspecified atom stereocenters. The van der Waals surface area contributed by atoms with Crippen LogP contribution in [0.2, 0.25) is 0 Å². The highest BCUT2D eigenvalue weighted by Gasteiger charge is 2.14. The molecule has 3 N–H and O–H groups in total. The van der Waals surface area contributed by atoms with Crippen molar-refractivity contribution < 1.29 is 14.4 Å². The van der Waals surface area contributed by atoms with Crippen molar-refractivity contribution in [3.8, 4) is 11.5 Å². The van der Waals surface area contributed by atoms with Crippen LogP contribution in [-0.4, -0.2) is 24.1 Å². The lowest BCUT2D eigenvalue weighted by atomic mass is 10.2. The van der Waals surface area contributed by atoms with Crippen LogP contribution < -0.4 is 20.5 Å². The first kappa shape index (κ1) is 14.4. The number of anilines is 3. The van der Waals surface area contributed by atoms with E-state index < -0.39 is 4.92 Å². The molecular weight excluding hydrogens is 276 g/mol. The molecule has 0 aliphatic rings. The number of pyridine rings is 1. The van der Waals surface area contributed by atoms with E-state index in [9.17, 15) is 10.1 Å². The molecule has 0 atom stereocenters. The second-order valence-corrected chi connectivity index (χ2v) is 4.05. The van der Waals surface area contributed by atoms with Gasteiger partial charge in [-0.2, -0.15) is 0 Å². The SMILES string of the molecule is COc1ccc(OC)c(Nc2ccc([N+](=O)[O-])c(N)n2)c1. The van der Waals surface area contributed by atoms with Gasteiger partial charge in [0.05, 0.1) is 24.8 Å². The van der Waals surface area contributed by atoms with Gasteiger partial charge in [-0.05, 0) is 18.2 Å². The van der Waals surface area contributed by atoms with Crippen molar-refractivity contribution in [1.82, 2.24) is 4.98 Å². The third-order valence-corrected chi connectivity index (χ3v) is 2.77. The zero-order valence-electron chi connectivity index (χ0n) is 11.5. The van der Waals surface area contributed by atoms with Crippen LogP contribution in [0.1, 0.15) is 0 Å². The maximum absolute atomic E-state index is 10.7. The fourth-order valence-electron chi connectivity index (χ4n) is 1.74. The quantitative estimate of drug-likeness (QED) is 0.641. The van der Waals surface area contributed by atoms with Gasteiger partial charge in [-0.15, -0.1) is 0 Å². The van der Waals surface area contributed by atoms with Crippen LogP contribution in [0.25, 0.3) is 0 Å². The van der Waals surface area contributed by atoms with Gasteiger partial charge in [0.2, 0.25) is 5.82 Å². The maximum atomic E-state index is 10.7. The number of nitrogens with two attached hydrogens (primary N) is 1. The van der Waals surface area contributed by atoms with Crippen molar-refractivity contribution in [2.75, 3.05) is 25.3 Å². The summed E-state index contributed by atoms with van der Waals surface area (Å²) in [6, 6.07) is 7.96. The molecule has 1 aromatic heterocycles. The number of methoxy groups -OCH3 is 2. The van der Waals surface area contributed by atoms with E-state index in [0.717, 1.165) is 0 Å². The zero-order chi connectivity index (χ0) is 15.4. The van der Waals surface area contributed by atoms with Crippen LogP contribution in [0.15, 0.2) is 30.3 Å². The van der Waals surface area contributed by atoms with Crippen LogP contribution in [0.4, 0.5) is 23.0 Å². The summed E-state index contributed by atoms with van der Waals surface area (Å²) < 4.78 is 10.4. The Morgan fingerprint density at radius 2 is 2.00 bits per heavy atom. The Hall–Kier alpha value is -3.03. The highest BCUT2D eigenvalue weighted by Crippen LogP contribution is 2.32. The Balaban J connectivity index is 2.33. The molecule has 8 heteroatoms. The van der Waals surface area contributed by atoms with Gasteiger partial charge in [-0.1, -0.05) is 0 Å². The lowest BCUT2D eigenvalue weighted by Crippen LogP contribution is -2.02. The molecule has 0 fully saturated rings. The number of aromatic nitrogens is 1. The number of nitro groups is 1. The molecule has 110 valence electrons. The first-order chi connectivity index (χ1) is 10.0. The van der Waals surface area contributed by atoms with E-state index in [-0.39, 0.29) is 11.5 Å². The molecular formula is C13H14N4O4. The van der Waals surface area contributed by atoms with Gasteiger partial charge in [-0.25, -0.2) is 4.98 Å². The molecule has 2 rings (SSSR count). The summed E-state index contributed by atoms with van der Waals surface area (Å²) in [5.41, 5.74) is 5.92. The molecule has 0 radical (unpaired) electrons. The van der Waals surface area contributed by atoms with Gasteiger partial charge in [0, 0.05) is 12.1 Å². The summed E-state index contributed by atoms with van der Waals surface area (Å²) in [4.78, 5) is 14.1. The molecule has 0 bridgehead atoms. The third-order valence-electron chi connectivity index (χ3n) is 2.77. The first-order valence-corrected chi connectivity index (χ1v) is 5.95. The highest BCUT2D eigenvalue weighted by atomic mass is 16.6. The van der Waals surface area contributed by atoms with Crippen molar-refractivity contribution in [3.63, 3.8) is 0 Å². The number of rotatable bonds is 5. The molecule has 1 heterocycles. The standard InChI is InChI=1S/C13H14N4O4/c1-20-8-3-5-11(21-2)9(7-8)15-12-6-4-10(17(18)19)13(14)16-12/h3-7H,1-2H3,(H3,14,15,16). The maximum Gasteiger partial charge on any atom is 0.311 e. The van der Waals surface area contributed by atoms with Crippen molar-refractivity contribution in [1.29, 1.82) is 0 Å². The molecule has 2 aromatic rings. The van der Waals surface area contributed by atoms with Crippen molar-refractivity contribution >= 4 is 23.0 Å². The number of ether oxygens (including phenoxy) is 2. The second kappa shape index (κ2) is 5.95. The Morgan fingerprint density at radius 1 is 1.24 bits per heavy atom. The fraction of sp³-hybridized carbons (Fsp3) is 0.154. The number of nitrogens with one attached hydrogen (secondary N) is 1. The van der Waals surface area contributed by atoms with E-state index in [1.54, 1.807) is 25.3 Å². The van der Waals surface area contributed by atoms with E-state index in [1.807, 2.05) is 0 Å². The van der Waals surface area contributed by atoms with Crippen molar-refractivity contribution in [2.45, 2.75) is 0 Å². The predicted molar refractivity (Wildman–Crippen MR) is 78.1 cm³/mol. The summed E-state index contributed by atoms with van der Waals surface area (Å²) in [5.74, 6) is 1.42. The van der Waals surface area contributed by atoms with Gasteiger partial charge < -0.3 is 20.5 Å². The Morgan fingerprint density at radius 3 is 2.57 bits per heavy atom. The van der Waals surface area contributed by atoms with E-state index in [2.05, 4.69) is 10.3 Å². The van der Waals surface area contributed by atoms with Gasteiger partial charge >= 0.3 is 5.69 Å². The second-order valence-electron chi connectivity index (χ2n) is 4.05. The molecule has 1 aromatic carbocycles. The average Bonchev–Trinajstić information content (AvgIpc) is 2.46. The normalized spacial score (nSPS) is 10.0. The summed E-state index contributed by atoms with van der Waals surface area (Å²) in [6.45, 7) is 0. The minimum absolute atomic E-state index is 0.160. The molecule has 0 amide bonds. The summed E-state index contributed by atoms with van der Waals surface area (Å²) >= 11 is 0. The molecule has 21 heavy (non-hydrogen) atoms. The van der Waals surface area contributed by atoms with Crippen LogP contribution in [-0.2, 0) is 0 Å². The molecule has 0 spiro atoms. The molecule has 0 aliphatic heterocycles. The Bertz CT molecular complexity index is 675. The topological polar surface area (TPSA) is 113 Å². The van der Waals surface area contributed by atoms with Gasteiger partial charge in [-0.3, -0.25) is 10.1 Å². The molecule has 0 saturated heterocycles. The Kier molecular flexibility index (Phi) is 4.07. The summed E-state index contributed by atoms with van der Waals surface area (Å²) in [5, 5.41) is 13.7. The number of benzene rings is 1. The van der Waals surface area contributed by atoms with Gasteiger partial charge in [0.25, 0.3) is 0 Å². The molecule has 0 saturated carbocycles. The smallest absolute Gasteiger partial charge is 0.311 e. The fourth-order valence-corrected chi connectivity index (χ4v) is 1.74. The van der Waals surface area contributed by atoms with Crippen LogP contribution in [0.5, 0.6) is 11.5 Å². The van der Waals surface area contributed by atoms with E-state index >= 15 is 0 Å². The Labute approximate surface area is 120 Å². The number of nitrogens with zero attached hydrogens (tertiary/aromatic N) is 2.